The van der Waals surface area contributed by atoms with E-state index in [0.717, 1.165) is 24.0 Å². The van der Waals surface area contributed by atoms with Crippen LogP contribution in [0, 0.1) is 0 Å². The molecular weight excluding hydrogens is 409 g/mol. The van der Waals surface area contributed by atoms with Crippen LogP contribution >= 0.6 is 23.2 Å². The van der Waals surface area contributed by atoms with Gasteiger partial charge >= 0.3 is 0 Å². The molecule has 0 unspecified atom stereocenters. The Morgan fingerprint density at radius 2 is 1.07 bits per heavy atom. The highest BCUT2D eigenvalue weighted by molar-refractivity contribution is 6.42. The van der Waals surface area contributed by atoms with Crippen LogP contribution in [0.2, 0.25) is 10.0 Å². The van der Waals surface area contributed by atoms with E-state index in [1.807, 2.05) is 26.0 Å². The van der Waals surface area contributed by atoms with E-state index in [9.17, 15) is 0 Å². The van der Waals surface area contributed by atoms with Crippen molar-refractivity contribution in [3.63, 3.8) is 0 Å². The first kappa shape index (κ1) is 27.8. The smallest absolute Gasteiger partial charge is 0.0627 e. The average Bonchev–Trinajstić information content (AvgIpc) is 2.69. The van der Waals surface area contributed by atoms with Crippen molar-refractivity contribution in [1.82, 2.24) is 0 Å². The minimum atomic E-state index is -0.390. The summed E-state index contributed by atoms with van der Waals surface area (Å²) in [5.41, 5.74) is 8.21. The largest absolute Gasteiger partial charge is 0.322 e. The van der Waals surface area contributed by atoms with Crippen molar-refractivity contribution in [3.05, 3.63) is 33.3 Å². The third-order valence-electron chi connectivity index (χ3n) is 6.17. The molecular formula is C27H47Cl2N. The van der Waals surface area contributed by atoms with E-state index in [2.05, 4.69) is 6.92 Å². The Hall–Kier alpha value is -0.240. The number of rotatable bonds is 18. The second-order valence-corrected chi connectivity index (χ2v) is 10.4. The maximum absolute atomic E-state index is 6.49. The minimum Gasteiger partial charge on any atom is -0.322 e. The third kappa shape index (κ3) is 12.0. The van der Waals surface area contributed by atoms with Gasteiger partial charge in [-0.25, -0.2) is 0 Å². The van der Waals surface area contributed by atoms with Crippen LogP contribution in [0.25, 0.3) is 0 Å². The Morgan fingerprint density at radius 3 is 1.47 bits per heavy atom. The normalized spacial score (nSPS) is 11.9. The number of benzene rings is 1. The lowest BCUT2D eigenvalue weighted by molar-refractivity contribution is 0.527. The van der Waals surface area contributed by atoms with Crippen LogP contribution in [0.3, 0.4) is 0 Å². The molecule has 3 heteroatoms. The molecule has 0 atom stereocenters. The molecule has 0 radical (unpaired) electrons. The quantitative estimate of drug-likeness (QED) is 0.218. The van der Waals surface area contributed by atoms with Crippen LogP contribution in [0.4, 0.5) is 0 Å². The minimum absolute atomic E-state index is 0.390. The molecule has 0 aliphatic carbocycles. The number of hydrogen-bond acceptors (Lipinski definition) is 1. The Balaban J connectivity index is 2.04. The molecule has 0 bridgehead atoms. The van der Waals surface area contributed by atoms with Crippen LogP contribution in [0.15, 0.2) is 12.1 Å². The first-order valence-corrected chi connectivity index (χ1v) is 13.4. The van der Waals surface area contributed by atoms with Crippen molar-refractivity contribution >= 4 is 23.2 Å². The summed E-state index contributed by atoms with van der Waals surface area (Å²) in [5.74, 6) is 0. The van der Waals surface area contributed by atoms with Gasteiger partial charge in [0.1, 0.15) is 0 Å². The summed E-state index contributed by atoms with van der Waals surface area (Å²) in [4.78, 5) is 0. The number of nitrogens with two attached hydrogens (primary N) is 1. The van der Waals surface area contributed by atoms with Gasteiger partial charge in [0, 0.05) is 5.54 Å². The van der Waals surface area contributed by atoms with Gasteiger partial charge in [-0.3, -0.25) is 0 Å². The van der Waals surface area contributed by atoms with E-state index in [0.29, 0.717) is 10.0 Å². The molecule has 0 aromatic heterocycles. The predicted octanol–water partition coefficient (Wildman–Crippen LogP) is 9.99. The lowest BCUT2D eigenvalue weighted by Crippen LogP contribution is -2.30. The van der Waals surface area contributed by atoms with Gasteiger partial charge in [-0.15, -0.1) is 0 Å². The fourth-order valence-corrected chi connectivity index (χ4v) is 4.73. The van der Waals surface area contributed by atoms with Crippen molar-refractivity contribution in [2.45, 2.75) is 135 Å². The molecule has 0 aliphatic rings. The molecule has 2 N–H and O–H groups in total. The molecule has 0 spiro atoms. The Kier molecular flexibility index (Phi) is 15.2. The van der Waals surface area contributed by atoms with E-state index < -0.39 is 5.54 Å². The van der Waals surface area contributed by atoms with Gasteiger partial charge in [-0.1, -0.05) is 133 Å². The van der Waals surface area contributed by atoms with E-state index >= 15 is 0 Å². The van der Waals surface area contributed by atoms with E-state index in [1.54, 1.807) is 0 Å². The zero-order valence-corrected chi connectivity index (χ0v) is 21.5. The fraction of sp³-hybridized carbons (Fsp3) is 0.778. The second kappa shape index (κ2) is 16.4. The van der Waals surface area contributed by atoms with Crippen LogP contribution in [0.1, 0.15) is 135 Å². The molecule has 0 amide bonds. The average molecular weight is 457 g/mol. The highest BCUT2D eigenvalue weighted by atomic mass is 35.5. The van der Waals surface area contributed by atoms with E-state index in [4.69, 9.17) is 28.9 Å². The standard InChI is InChI=1S/C27H47Cl2N/c1-4-5-6-7-8-9-10-11-12-13-14-15-16-17-18-19-20-23-24(27(2,3)30)21-22-25(28)26(23)29/h21-22H,4-20,30H2,1-3H3. The topological polar surface area (TPSA) is 26.0 Å². The van der Waals surface area contributed by atoms with Gasteiger partial charge in [0.15, 0.2) is 0 Å². The molecule has 0 saturated heterocycles. The summed E-state index contributed by atoms with van der Waals surface area (Å²) in [5, 5.41) is 1.32. The molecule has 30 heavy (non-hydrogen) atoms. The number of unbranched alkanes of at least 4 members (excludes halogenated alkanes) is 15. The van der Waals surface area contributed by atoms with Crippen molar-refractivity contribution in [2.75, 3.05) is 0 Å². The highest BCUT2D eigenvalue weighted by Crippen LogP contribution is 2.34. The SMILES string of the molecule is CCCCCCCCCCCCCCCCCCc1c(C(C)(C)N)ccc(Cl)c1Cl. The molecule has 0 aliphatic heterocycles. The molecule has 0 heterocycles. The Bertz CT molecular complexity index is 563. The molecule has 1 nitrogen and oxygen atoms in total. The zero-order chi connectivity index (χ0) is 22.2. The van der Waals surface area contributed by atoms with E-state index in [-0.39, 0.29) is 0 Å². The molecule has 174 valence electrons. The van der Waals surface area contributed by atoms with Crippen molar-refractivity contribution < 1.29 is 0 Å². The molecule has 0 saturated carbocycles. The van der Waals surface area contributed by atoms with Crippen molar-refractivity contribution in [1.29, 1.82) is 0 Å². The van der Waals surface area contributed by atoms with Gasteiger partial charge < -0.3 is 5.73 Å². The van der Waals surface area contributed by atoms with Crippen molar-refractivity contribution in [2.24, 2.45) is 5.73 Å². The summed E-state index contributed by atoms with van der Waals surface area (Å²) >= 11 is 12.7. The Labute approximate surface area is 197 Å². The summed E-state index contributed by atoms with van der Waals surface area (Å²) in [6.07, 6.45) is 23.1. The van der Waals surface area contributed by atoms with Crippen molar-refractivity contribution in [3.8, 4) is 0 Å². The van der Waals surface area contributed by atoms with Gasteiger partial charge in [0.25, 0.3) is 0 Å². The van der Waals surface area contributed by atoms with Gasteiger partial charge in [-0.2, -0.15) is 0 Å². The lowest BCUT2D eigenvalue weighted by atomic mass is 9.88. The highest BCUT2D eigenvalue weighted by Gasteiger charge is 2.21. The summed E-state index contributed by atoms with van der Waals surface area (Å²) < 4.78 is 0. The first-order valence-electron chi connectivity index (χ1n) is 12.6. The van der Waals surface area contributed by atoms with Crippen LogP contribution < -0.4 is 5.73 Å². The van der Waals surface area contributed by atoms with Gasteiger partial charge in [0.05, 0.1) is 10.0 Å². The summed E-state index contributed by atoms with van der Waals surface area (Å²) in [7, 11) is 0. The maximum Gasteiger partial charge on any atom is 0.0627 e. The van der Waals surface area contributed by atoms with Crippen LogP contribution in [0.5, 0.6) is 0 Å². The molecule has 1 aromatic carbocycles. The van der Waals surface area contributed by atoms with Gasteiger partial charge in [0.2, 0.25) is 0 Å². The number of halogens is 2. The van der Waals surface area contributed by atoms with Crippen LogP contribution in [-0.2, 0) is 12.0 Å². The lowest BCUT2D eigenvalue weighted by Gasteiger charge is -2.24. The monoisotopic (exact) mass is 455 g/mol. The van der Waals surface area contributed by atoms with E-state index in [1.165, 1.54) is 96.3 Å². The summed E-state index contributed by atoms with van der Waals surface area (Å²) in [6.45, 7) is 6.35. The molecule has 1 rings (SSSR count). The molecule has 0 fully saturated rings. The number of hydrogen-bond donors (Lipinski definition) is 1. The first-order chi connectivity index (χ1) is 14.4. The Morgan fingerprint density at radius 1 is 0.667 bits per heavy atom. The molecule has 1 aromatic rings. The predicted molar refractivity (Wildman–Crippen MR) is 137 cm³/mol. The van der Waals surface area contributed by atoms with Gasteiger partial charge in [-0.05, 0) is 43.9 Å². The van der Waals surface area contributed by atoms with Crippen LogP contribution in [-0.4, -0.2) is 0 Å². The second-order valence-electron chi connectivity index (χ2n) is 9.66. The fourth-order valence-electron chi connectivity index (χ4n) is 4.29. The summed E-state index contributed by atoms with van der Waals surface area (Å²) in [6, 6.07) is 3.90. The zero-order valence-electron chi connectivity index (χ0n) is 20.0. The maximum atomic E-state index is 6.49. The third-order valence-corrected chi connectivity index (χ3v) is 7.01.